The molecule has 0 fully saturated rings. The topological polar surface area (TPSA) is 54.3 Å². The molecule has 3 rings (SSSR count). The van der Waals surface area contributed by atoms with Crippen LogP contribution in [0.2, 0.25) is 0 Å². The zero-order valence-electron chi connectivity index (χ0n) is 12.0. The third-order valence-electron chi connectivity index (χ3n) is 3.90. The van der Waals surface area contributed by atoms with Crippen LogP contribution < -0.4 is 0 Å². The fourth-order valence-electron chi connectivity index (χ4n) is 2.90. The van der Waals surface area contributed by atoms with E-state index < -0.39 is 5.92 Å². The Labute approximate surface area is 117 Å². The van der Waals surface area contributed by atoms with Crippen LogP contribution in [0.5, 0.6) is 0 Å². The number of oxime groups is 1. The second kappa shape index (κ2) is 4.44. The summed E-state index contributed by atoms with van der Waals surface area (Å²) in [7, 11) is 1.67. The van der Waals surface area contributed by atoms with Crippen LogP contribution in [0.25, 0.3) is 0 Å². The van der Waals surface area contributed by atoms with E-state index >= 15 is 0 Å². The first-order valence-electron chi connectivity index (χ1n) is 6.63. The summed E-state index contributed by atoms with van der Waals surface area (Å²) < 4.78 is 0. The summed E-state index contributed by atoms with van der Waals surface area (Å²) in [5.74, 6) is -0.461. The number of carbonyl (C=O) groups excluding carboxylic acids is 1. The van der Waals surface area contributed by atoms with Gasteiger partial charge in [-0.2, -0.15) is 5.10 Å². The molecule has 0 saturated heterocycles. The van der Waals surface area contributed by atoms with Gasteiger partial charge in [0.25, 0.3) is 5.91 Å². The van der Waals surface area contributed by atoms with Crippen LogP contribution in [0.1, 0.15) is 23.6 Å². The van der Waals surface area contributed by atoms with Crippen LogP contribution in [0.15, 0.2) is 28.5 Å². The number of hydrogen-bond acceptors (Lipinski definition) is 4. The summed E-state index contributed by atoms with van der Waals surface area (Å²) in [6.45, 7) is 5.91. The predicted molar refractivity (Wildman–Crippen MR) is 76.7 cm³/mol. The van der Waals surface area contributed by atoms with Crippen molar-refractivity contribution in [3.05, 3.63) is 34.9 Å². The maximum absolute atomic E-state index is 12.4. The minimum atomic E-state index is -0.391. The standard InChI is InChI=1S/C15H17N3O2/c1-8-6-5-7-9(2)11(8)13-12-14(20-17-13)10(3)16-18(4)15(12)19/h5-7,12,14H,1-4H3. The van der Waals surface area contributed by atoms with Crippen molar-refractivity contribution >= 4 is 17.3 Å². The van der Waals surface area contributed by atoms with E-state index in [2.05, 4.69) is 10.3 Å². The first-order chi connectivity index (χ1) is 9.50. The van der Waals surface area contributed by atoms with E-state index in [1.54, 1.807) is 7.05 Å². The zero-order valence-corrected chi connectivity index (χ0v) is 12.0. The lowest BCUT2D eigenvalue weighted by Gasteiger charge is -2.27. The molecule has 5 nitrogen and oxygen atoms in total. The number of hydrazone groups is 1. The zero-order chi connectivity index (χ0) is 14.4. The Bertz CT molecular complexity index is 628. The number of nitrogens with zero attached hydrogens (tertiary/aromatic N) is 3. The Morgan fingerprint density at radius 3 is 2.50 bits per heavy atom. The van der Waals surface area contributed by atoms with Crippen molar-refractivity contribution < 1.29 is 9.63 Å². The fourth-order valence-corrected chi connectivity index (χ4v) is 2.90. The molecule has 0 saturated carbocycles. The lowest BCUT2D eigenvalue weighted by Crippen LogP contribution is -2.47. The van der Waals surface area contributed by atoms with Crippen LogP contribution >= 0.6 is 0 Å². The predicted octanol–water partition coefficient (Wildman–Crippen LogP) is 1.87. The number of carbonyl (C=O) groups is 1. The van der Waals surface area contributed by atoms with Gasteiger partial charge in [-0.05, 0) is 31.9 Å². The molecule has 2 aliphatic heterocycles. The third-order valence-corrected chi connectivity index (χ3v) is 3.90. The maximum Gasteiger partial charge on any atom is 0.256 e. The lowest BCUT2D eigenvalue weighted by molar-refractivity contribution is -0.135. The van der Waals surface area contributed by atoms with Gasteiger partial charge < -0.3 is 4.84 Å². The average molecular weight is 271 g/mol. The normalized spacial score (nSPS) is 25.0. The molecule has 20 heavy (non-hydrogen) atoms. The quantitative estimate of drug-likeness (QED) is 0.783. The lowest BCUT2D eigenvalue weighted by atomic mass is 9.85. The van der Waals surface area contributed by atoms with E-state index in [0.29, 0.717) is 0 Å². The average Bonchev–Trinajstić information content (AvgIpc) is 2.81. The Morgan fingerprint density at radius 2 is 1.85 bits per heavy atom. The van der Waals surface area contributed by atoms with Crippen molar-refractivity contribution in [3.8, 4) is 0 Å². The van der Waals surface area contributed by atoms with E-state index in [0.717, 1.165) is 28.1 Å². The number of rotatable bonds is 1. The molecule has 0 radical (unpaired) electrons. The molecule has 2 atom stereocenters. The van der Waals surface area contributed by atoms with Gasteiger partial charge in [0.1, 0.15) is 11.6 Å². The van der Waals surface area contributed by atoms with Crippen molar-refractivity contribution in [3.63, 3.8) is 0 Å². The Balaban J connectivity index is 2.10. The smallest absolute Gasteiger partial charge is 0.256 e. The van der Waals surface area contributed by atoms with Gasteiger partial charge in [0.2, 0.25) is 0 Å². The molecular weight excluding hydrogens is 254 g/mol. The number of amides is 1. The van der Waals surface area contributed by atoms with Gasteiger partial charge >= 0.3 is 0 Å². The summed E-state index contributed by atoms with van der Waals surface area (Å²) >= 11 is 0. The highest BCUT2D eigenvalue weighted by molar-refractivity contribution is 6.19. The molecule has 104 valence electrons. The highest BCUT2D eigenvalue weighted by Gasteiger charge is 2.47. The summed E-state index contributed by atoms with van der Waals surface area (Å²) in [5.41, 5.74) is 4.71. The number of hydrogen-bond donors (Lipinski definition) is 0. The van der Waals surface area contributed by atoms with Gasteiger partial charge in [0.05, 0.1) is 5.71 Å². The van der Waals surface area contributed by atoms with E-state index in [9.17, 15) is 4.79 Å². The molecule has 1 amide bonds. The summed E-state index contributed by atoms with van der Waals surface area (Å²) in [5, 5.41) is 9.76. The van der Waals surface area contributed by atoms with Crippen molar-refractivity contribution in [2.45, 2.75) is 26.9 Å². The molecular formula is C15H17N3O2. The molecule has 2 heterocycles. The van der Waals surface area contributed by atoms with E-state index in [4.69, 9.17) is 4.84 Å². The minimum absolute atomic E-state index is 0.0699. The molecule has 0 bridgehead atoms. The molecule has 1 aromatic carbocycles. The van der Waals surface area contributed by atoms with Gasteiger partial charge in [0.15, 0.2) is 6.10 Å². The van der Waals surface area contributed by atoms with Gasteiger partial charge in [-0.15, -0.1) is 0 Å². The summed E-state index contributed by atoms with van der Waals surface area (Å²) in [6, 6.07) is 6.05. The highest BCUT2D eigenvalue weighted by Crippen LogP contribution is 2.31. The number of benzene rings is 1. The monoisotopic (exact) mass is 271 g/mol. The Hall–Kier alpha value is -2.17. The molecule has 0 spiro atoms. The molecule has 2 unspecified atom stereocenters. The van der Waals surface area contributed by atoms with Gasteiger partial charge in [-0.3, -0.25) is 4.79 Å². The van der Waals surface area contributed by atoms with Gasteiger partial charge in [-0.1, -0.05) is 23.4 Å². The van der Waals surface area contributed by atoms with Crippen LogP contribution in [0.3, 0.4) is 0 Å². The minimum Gasteiger partial charge on any atom is -0.385 e. The van der Waals surface area contributed by atoms with Crippen LogP contribution in [0, 0.1) is 19.8 Å². The maximum atomic E-state index is 12.4. The second-order valence-corrected chi connectivity index (χ2v) is 5.35. The second-order valence-electron chi connectivity index (χ2n) is 5.35. The van der Waals surface area contributed by atoms with Crippen molar-refractivity contribution in [1.82, 2.24) is 5.01 Å². The molecule has 5 heteroatoms. The Morgan fingerprint density at radius 1 is 1.20 bits per heavy atom. The summed E-state index contributed by atoms with van der Waals surface area (Å²) in [4.78, 5) is 17.9. The molecule has 1 aromatic rings. The van der Waals surface area contributed by atoms with E-state index in [1.807, 2.05) is 39.0 Å². The van der Waals surface area contributed by atoms with Crippen molar-refractivity contribution in [2.24, 2.45) is 16.2 Å². The highest BCUT2D eigenvalue weighted by atomic mass is 16.6. The van der Waals surface area contributed by atoms with Crippen LogP contribution in [-0.2, 0) is 9.63 Å². The van der Waals surface area contributed by atoms with Crippen molar-refractivity contribution in [1.29, 1.82) is 0 Å². The first kappa shape index (κ1) is 12.8. The number of fused-ring (bicyclic) bond motifs is 1. The summed E-state index contributed by atoms with van der Waals surface area (Å²) in [6.07, 6.45) is -0.368. The van der Waals surface area contributed by atoms with Crippen LogP contribution in [0.4, 0.5) is 0 Å². The largest absolute Gasteiger partial charge is 0.385 e. The van der Waals surface area contributed by atoms with Gasteiger partial charge in [-0.25, -0.2) is 5.01 Å². The SMILES string of the molecule is CC1=NN(C)C(=O)C2C(c3c(C)cccc3C)=NOC12. The third kappa shape index (κ3) is 1.73. The molecule has 2 aliphatic rings. The first-order valence-corrected chi connectivity index (χ1v) is 6.63. The van der Waals surface area contributed by atoms with E-state index in [-0.39, 0.29) is 12.0 Å². The van der Waals surface area contributed by atoms with Crippen LogP contribution in [-0.4, -0.2) is 35.5 Å². The van der Waals surface area contributed by atoms with E-state index in [1.165, 1.54) is 5.01 Å². The number of aryl methyl sites for hydroxylation is 2. The fraction of sp³-hybridized carbons (Fsp3) is 0.400. The molecule has 0 aliphatic carbocycles. The Kier molecular flexibility index (Phi) is 2.85. The van der Waals surface area contributed by atoms with Gasteiger partial charge in [0, 0.05) is 12.6 Å². The van der Waals surface area contributed by atoms with Crippen molar-refractivity contribution in [2.75, 3.05) is 7.05 Å². The molecule has 0 N–H and O–H groups in total. The molecule has 0 aromatic heterocycles.